The van der Waals surface area contributed by atoms with Crippen molar-refractivity contribution >= 4 is 15.9 Å². The number of aromatic nitrogens is 1. The number of rotatable bonds is 3. The number of carbonyl (C=O) groups excluding carboxylic acids is 1. The SMILES string of the molecule is O=C(c1ccncc1)N1CCCN(S(=O)(=O)c2ccccc2)CC1. The van der Waals surface area contributed by atoms with E-state index in [1.54, 1.807) is 59.8 Å². The summed E-state index contributed by atoms with van der Waals surface area (Å²) in [7, 11) is -3.51. The highest BCUT2D eigenvalue weighted by Crippen LogP contribution is 2.18. The summed E-state index contributed by atoms with van der Waals surface area (Å²) in [6.45, 7) is 1.64. The Bertz CT molecular complexity index is 794. The van der Waals surface area contributed by atoms with Crippen molar-refractivity contribution in [2.45, 2.75) is 11.3 Å². The van der Waals surface area contributed by atoms with Crippen molar-refractivity contribution < 1.29 is 13.2 Å². The number of hydrogen-bond donors (Lipinski definition) is 0. The highest BCUT2D eigenvalue weighted by molar-refractivity contribution is 7.89. The predicted molar refractivity (Wildman–Crippen MR) is 90.0 cm³/mol. The van der Waals surface area contributed by atoms with E-state index in [0.29, 0.717) is 43.1 Å². The third-order valence-corrected chi connectivity index (χ3v) is 5.96. The van der Waals surface area contributed by atoms with Gasteiger partial charge in [-0.1, -0.05) is 18.2 Å². The van der Waals surface area contributed by atoms with E-state index in [1.807, 2.05) is 0 Å². The average molecular weight is 345 g/mol. The Hall–Kier alpha value is -2.25. The maximum absolute atomic E-state index is 12.7. The van der Waals surface area contributed by atoms with E-state index in [-0.39, 0.29) is 5.91 Å². The average Bonchev–Trinajstić information content (AvgIpc) is 2.89. The van der Waals surface area contributed by atoms with Gasteiger partial charge in [0.1, 0.15) is 0 Å². The molecule has 1 saturated heterocycles. The van der Waals surface area contributed by atoms with E-state index in [0.717, 1.165) is 0 Å². The first kappa shape index (κ1) is 16.6. The van der Waals surface area contributed by atoms with Gasteiger partial charge in [0.25, 0.3) is 5.91 Å². The Kier molecular flexibility index (Phi) is 4.92. The number of pyridine rings is 1. The van der Waals surface area contributed by atoms with Gasteiger partial charge in [-0.05, 0) is 30.7 Å². The Morgan fingerprint density at radius 2 is 1.62 bits per heavy atom. The first-order valence-corrected chi connectivity index (χ1v) is 9.27. The highest BCUT2D eigenvalue weighted by Gasteiger charge is 2.28. The smallest absolute Gasteiger partial charge is 0.254 e. The topological polar surface area (TPSA) is 70.6 Å². The highest BCUT2D eigenvalue weighted by atomic mass is 32.2. The molecule has 1 aliphatic heterocycles. The zero-order valence-corrected chi connectivity index (χ0v) is 14.0. The van der Waals surface area contributed by atoms with E-state index in [2.05, 4.69) is 4.98 Å². The summed E-state index contributed by atoms with van der Waals surface area (Å²) in [5.41, 5.74) is 0.573. The molecule has 0 bridgehead atoms. The van der Waals surface area contributed by atoms with Gasteiger partial charge in [0, 0.05) is 44.1 Å². The van der Waals surface area contributed by atoms with Gasteiger partial charge in [-0.3, -0.25) is 9.78 Å². The first-order chi connectivity index (χ1) is 11.6. The number of benzene rings is 1. The fourth-order valence-electron chi connectivity index (χ4n) is 2.76. The number of carbonyl (C=O) groups is 1. The first-order valence-electron chi connectivity index (χ1n) is 7.83. The molecule has 1 aromatic carbocycles. The van der Waals surface area contributed by atoms with Gasteiger partial charge in [-0.25, -0.2) is 8.42 Å². The van der Waals surface area contributed by atoms with Crippen LogP contribution in [0.15, 0.2) is 59.8 Å². The summed E-state index contributed by atoms with van der Waals surface area (Å²) in [4.78, 5) is 18.4. The third-order valence-electron chi connectivity index (χ3n) is 4.05. The van der Waals surface area contributed by atoms with Crippen LogP contribution in [0.3, 0.4) is 0 Å². The van der Waals surface area contributed by atoms with Crippen LogP contribution in [0.2, 0.25) is 0 Å². The van der Waals surface area contributed by atoms with Gasteiger partial charge in [-0.2, -0.15) is 4.31 Å². The quantitative estimate of drug-likeness (QED) is 0.847. The number of nitrogens with zero attached hydrogens (tertiary/aromatic N) is 3. The second-order valence-corrected chi connectivity index (χ2v) is 7.54. The minimum absolute atomic E-state index is 0.0867. The van der Waals surface area contributed by atoms with Crippen molar-refractivity contribution in [3.63, 3.8) is 0 Å². The van der Waals surface area contributed by atoms with Crippen LogP contribution in [0, 0.1) is 0 Å². The fraction of sp³-hybridized carbons (Fsp3) is 0.294. The molecule has 0 spiro atoms. The van der Waals surface area contributed by atoms with E-state index in [9.17, 15) is 13.2 Å². The molecular weight excluding hydrogens is 326 g/mol. The van der Waals surface area contributed by atoms with Crippen molar-refractivity contribution in [3.8, 4) is 0 Å². The van der Waals surface area contributed by atoms with Crippen molar-refractivity contribution in [2.24, 2.45) is 0 Å². The van der Waals surface area contributed by atoms with E-state index in [1.165, 1.54) is 4.31 Å². The maximum Gasteiger partial charge on any atom is 0.254 e. The molecule has 0 saturated carbocycles. The lowest BCUT2D eigenvalue weighted by molar-refractivity contribution is 0.0764. The minimum Gasteiger partial charge on any atom is -0.337 e. The second-order valence-electron chi connectivity index (χ2n) is 5.60. The van der Waals surface area contributed by atoms with Gasteiger partial charge in [0.15, 0.2) is 0 Å². The molecule has 0 atom stereocenters. The van der Waals surface area contributed by atoms with Crippen molar-refractivity contribution in [2.75, 3.05) is 26.2 Å². The molecule has 1 aliphatic rings. The molecule has 0 N–H and O–H groups in total. The molecule has 0 unspecified atom stereocenters. The zero-order valence-electron chi connectivity index (χ0n) is 13.2. The summed E-state index contributed by atoms with van der Waals surface area (Å²) >= 11 is 0. The normalized spacial score (nSPS) is 16.6. The van der Waals surface area contributed by atoms with Crippen molar-refractivity contribution in [3.05, 3.63) is 60.4 Å². The van der Waals surface area contributed by atoms with E-state index in [4.69, 9.17) is 0 Å². The monoisotopic (exact) mass is 345 g/mol. The van der Waals surface area contributed by atoms with Crippen LogP contribution in [0.5, 0.6) is 0 Å². The molecule has 7 heteroatoms. The van der Waals surface area contributed by atoms with Gasteiger partial charge < -0.3 is 4.90 Å². The molecule has 2 heterocycles. The van der Waals surface area contributed by atoms with Crippen LogP contribution in [0.25, 0.3) is 0 Å². The summed E-state index contributed by atoms with van der Waals surface area (Å²) in [5, 5.41) is 0. The van der Waals surface area contributed by atoms with E-state index >= 15 is 0 Å². The third kappa shape index (κ3) is 3.47. The largest absolute Gasteiger partial charge is 0.337 e. The standard InChI is InChI=1S/C17H19N3O3S/c21-17(15-7-9-18-10-8-15)19-11-4-12-20(14-13-19)24(22,23)16-5-2-1-3-6-16/h1-3,5-10H,4,11-14H2. The van der Waals surface area contributed by atoms with Crippen LogP contribution >= 0.6 is 0 Å². The summed E-state index contributed by atoms with van der Waals surface area (Å²) in [6.07, 6.45) is 3.78. The van der Waals surface area contributed by atoms with Crippen molar-refractivity contribution in [1.29, 1.82) is 0 Å². The number of hydrogen-bond acceptors (Lipinski definition) is 4. The molecule has 1 fully saturated rings. The molecule has 1 amide bonds. The lowest BCUT2D eigenvalue weighted by Gasteiger charge is -2.22. The lowest BCUT2D eigenvalue weighted by Crippen LogP contribution is -2.37. The molecule has 0 aliphatic carbocycles. The lowest BCUT2D eigenvalue weighted by atomic mass is 10.2. The summed E-state index contributed by atoms with van der Waals surface area (Å²) in [6, 6.07) is 11.8. The molecule has 0 radical (unpaired) electrons. The molecular formula is C17H19N3O3S. The Morgan fingerprint density at radius 1 is 0.917 bits per heavy atom. The number of sulfonamides is 1. The number of amides is 1. The molecule has 24 heavy (non-hydrogen) atoms. The Labute approximate surface area is 141 Å². The van der Waals surface area contributed by atoms with Gasteiger partial charge in [0.2, 0.25) is 10.0 Å². The molecule has 3 rings (SSSR count). The molecule has 2 aromatic rings. The zero-order chi connectivity index (χ0) is 17.0. The maximum atomic E-state index is 12.7. The second kappa shape index (κ2) is 7.11. The molecule has 1 aromatic heterocycles. The van der Waals surface area contributed by atoms with Gasteiger partial charge >= 0.3 is 0 Å². The van der Waals surface area contributed by atoms with Gasteiger partial charge in [0.05, 0.1) is 4.90 Å². The predicted octanol–water partition coefficient (Wildman–Crippen LogP) is 1.62. The summed E-state index contributed by atoms with van der Waals surface area (Å²) < 4.78 is 26.9. The van der Waals surface area contributed by atoms with Crippen LogP contribution in [-0.4, -0.2) is 54.7 Å². The molecule has 126 valence electrons. The Morgan fingerprint density at radius 3 is 2.33 bits per heavy atom. The van der Waals surface area contributed by atoms with Crippen LogP contribution < -0.4 is 0 Å². The van der Waals surface area contributed by atoms with Crippen LogP contribution in [0.1, 0.15) is 16.8 Å². The van der Waals surface area contributed by atoms with E-state index < -0.39 is 10.0 Å². The van der Waals surface area contributed by atoms with Crippen LogP contribution in [-0.2, 0) is 10.0 Å². The van der Waals surface area contributed by atoms with Crippen molar-refractivity contribution in [1.82, 2.24) is 14.2 Å². The fourth-order valence-corrected chi connectivity index (χ4v) is 4.25. The van der Waals surface area contributed by atoms with Gasteiger partial charge in [-0.15, -0.1) is 0 Å². The van der Waals surface area contributed by atoms with Crippen LogP contribution in [0.4, 0.5) is 0 Å². The summed E-state index contributed by atoms with van der Waals surface area (Å²) in [5.74, 6) is -0.0867. The minimum atomic E-state index is -3.51. The Balaban J connectivity index is 1.73. The molecule has 6 nitrogen and oxygen atoms in total.